The fourth-order valence-electron chi connectivity index (χ4n) is 2.93. The van der Waals surface area contributed by atoms with E-state index in [0.29, 0.717) is 22.1 Å². The van der Waals surface area contributed by atoms with Crippen molar-refractivity contribution in [2.24, 2.45) is 0 Å². The van der Waals surface area contributed by atoms with Crippen LogP contribution in [0.15, 0.2) is 52.7 Å². The maximum Gasteiger partial charge on any atom is 0.338 e. The fourth-order valence-corrected chi connectivity index (χ4v) is 4.45. The summed E-state index contributed by atoms with van der Waals surface area (Å²) in [7, 11) is -3.44. The molecule has 7 nitrogen and oxygen atoms in total. The second kappa shape index (κ2) is 8.99. The number of amides is 1. The molecular weight excluding hydrogens is 436 g/mol. The third-order valence-electron chi connectivity index (χ3n) is 4.51. The average molecular weight is 459 g/mol. The van der Waals surface area contributed by atoms with Crippen molar-refractivity contribution in [1.29, 1.82) is 0 Å². The van der Waals surface area contributed by atoms with E-state index in [1.54, 1.807) is 18.4 Å². The Kier molecular flexibility index (Phi) is 6.56. The lowest BCUT2D eigenvalue weighted by Crippen LogP contribution is -2.22. The van der Waals surface area contributed by atoms with Crippen LogP contribution in [0.1, 0.15) is 34.1 Å². The molecule has 2 aromatic carbocycles. The Labute approximate surface area is 185 Å². The van der Waals surface area contributed by atoms with Crippen LogP contribution in [0.4, 0.5) is 10.8 Å². The van der Waals surface area contributed by atoms with Gasteiger partial charge in [0.15, 0.2) is 15.0 Å². The molecule has 3 aromatic rings. The number of nitrogens with zero attached hydrogens (tertiary/aromatic N) is 2. The highest BCUT2D eigenvalue weighted by molar-refractivity contribution is 7.90. The number of carbonyl (C=O) groups excluding carboxylic acids is 2. The SMILES string of the molecule is CC(=O)N(c1cccc(C)c1)c1nc(COC(=O)c2cc(S(C)(=O)=O)ccc2C)cs1. The smallest absolute Gasteiger partial charge is 0.338 e. The number of aryl methyl sites for hydroxylation is 2. The fraction of sp³-hybridized carbons (Fsp3) is 0.227. The van der Waals surface area contributed by atoms with Crippen LogP contribution in [0.25, 0.3) is 0 Å². The van der Waals surface area contributed by atoms with Crippen molar-refractivity contribution < 1.29 is 22.7 Å². The molecular formula is C22H22N2O5S2. The number of anilines is 2. The first-order valence-electron chi connectivity index (χ1n) is 9.36. The molecule has 0 unspecified atom stereocenters. The van der Waals surface area contributed by atoms with Crippen molar-refractivity contribution >= 4 is 43.9 Å². The molecule has 0 N–H and O–H groups in total. The summed E-state index contributed by atoms with van der Waals surface area (Å²) in [5, 5.41) is 2.19. The van der Waals surface area contributed by atoms with Gasteiger partial charge in [-0.1, -0.05) is 18.2 Å². The van der Waals surface area contributed by atoms with Gasteiger partial charge in [-0.3, -0.25) is 9.69 Å². The zero-order valence-corrected chi connectivity index (χ0v) is 19.2. The van der Waals surface area contributed by atoms with E-state index in [4.69, 9.17) is 4.74 Å². The first-order chi connectivity index (χ1) is 14.6. The van der Waals surface area contributed by atoms with Gasteiger partial charge in [-0.2, -0.15) is 0 Å². The predicted octanol–water partition coefficient (Wildman–Crippen LogP) is 4.21. The van der Waals surface area contributed by atoms with E-state index < -0.39 is 15.8 Å². The summed E-state index contributed by atoms with van der Waals surface area (Å²) < 4.78 is 28.9. The Morgan fingerprint density at radius 1 is 1.13 bits per heavy atom. The van der Waals surface area contributed by atoms with Gasteiger partial charge >= 0.3 is 5.97 Å². The number of hydrogen-bond acceptors (Lipinski definition) is 7. The molecule has 0 aliphatic rings. The third-order valence-corrected chi connectivity index (χ3v) is 6.50. The molecule has 0 spiro atoms. The van der Waals surface area contributed by atoms with Gasteiger partial charge < -0.3 is 4.74 Å². The minimum absolute atomic E-state index is 0.0521. The molecule has 0 fully saturated rings. The highest BCUT2D eigenvalue weighted by Gasteiger charge is 2.20. The van der Waals surface area contributed by atoms with Crippen LogP contribution in [0.3, 0.4) is 0 Å². The molecule has 9 heteroatoms. The van der Waals surface area contributed by atoms with Crippen molar-refractivity contribution in [2.45, 2.75) is 32.3 Å². The summed E-state index contributed by atoms with van der Waals surface area (Å²) in [4.78, 5) is 30.7. The van der Waals surface area contributed by atoms with Gasteiger partial charge in [0, 0.05) is 18.6 Å². The number of thiazole rings is 1. The Balaban J connectivity index is 1.77. The van der Waals surface area contributed by atoms with Crippen LogP contribution in [0.2, 0.25) is 0 Å². The zero-order chi connectivity index (χ0) is 22.8. The Morgan fingerprint density at radius 3 is 2.52 bits per heavy atom. The summed E-state index contributed by atoms with van der Waals surface area (Å²) in [5.41, 5.74) is 3.01. The van der Waals surface area contributed by atoms with E-state index in [9.17, 15) is 18.0 Å². The maximum atomic E-state index is 12.5. The van der Waals surface area contributed by atoms with Crippen molar-refractivity contribution in [3.63, 3.8) is 0 Å². The standard InChI is InChI=1S/C22H22N2O5S2/c1-14-6-5-7-18(10-14)24(16(3)25)22-23-17(13-30-22)12-29-21(26)20-11-19(31(4,27)28)9-8-15(20)2/h5-11,13H,12H2,1-4H3. The molecule has 1 aromatic heterocycles. The Hall–Kier alpha value is -3.04. The van der Waals surface area contributed by atoms with Gasteiger partial charge in [0.1, 0.15) is 6.61 Å². The Morgan fingerprint density at radius 2 is 1.87 bits per heavy atom. The summed E-state index contributed by atoms with van der Waals surface area (Å²) in [5.74, 6) is -0.823. The van der Waals surface area contributed by atoms with Gasteiger partial charge in [-0.05, 0) is 49.2 Å². The van der Waals surface area contributed by atoms with Gasteiger partial charge in [0.25, 0.3) is 0 Å². The van der Waals surface area contributed by atoms with Gasteiger partial charge in [-0.15, -0.1) is 11.3 Å². The molecule has 0 saturated carbocycles. The van der Waals surface area contributed by atoms with Crippen LogP contribution in [0, 0.1) is 13.8 Å². The summed E-state index contributed by atoms with van der Waals surface area (Å²) in [6, 6.07) is 11.9. The number of ether oxygens (including phenoxy) is 1. The second-order valence-electron chi connectivity index (χ2n) is 7.14. The molecule has 0 bridgehead atoms. The van der Waals surface area contributed by atoms with Crippen LogP contribution < -0.4 is 4.90 Å². The highest BCUT2D eigenvalue weighted by Crippen LogP contribution is 2.29. The number of benzene rings is 2. The first kappa shape index (κ1) is 22.6. The summed E-state index contributed by atoms with van der Waals surface area (Å²) in [6.07, 6.45) is 1.08. The topological polar surface area (TPSA) is 93.6 Å². The molecule has 3 rings (SSSR count). The average Bonchev–Trinajstić information content (AvgIpc) is 3.14. The largest absolute Gasteiger partial charge is 0.456 e. The number of sulfone groups is 1. The molecule has 0 aliphatic carbocycles. The molecule has 0 radical (unpaired) electrons. The van der Waals surface area contributed by atoms with Crippen molar-refractivity contribution in [2.75, 3.05) is 11.2 Å². The van der Waals surface area contributed by atoms with Crippen LogP contribution in [-0.4, -0.2) is 31.5 Å². The number of hydrogen-bond donors (Lipinski definition) is 0. The maximum absolute atomic E-state index is 12.5. The molecule has 1 amide bonds. The van der Waals surface area contributed by atoms with Crippen molar-refractivity contribution in [3.05, 3.63) is 70.2 Å². The third kappa shape index (κ3) is 5.36. The first-order valence-corrected chi connectivity index (χ1v) is 12.1. The number of aromatic nitrogens is 1. The van der Waals surface area contributed by atoms with E-state index in [1.807, 2.05) is 31.2 Å². The molecule has 31 heavy (non-hydrogen) atoms. The van der Waals surface area contributed by atoms with Crippen LogP contribution in [-0.2, 0) is 26.0 Å². The van der Waals surface area contributed by atoms with Crippen LogP contribution >= 0.6 is 11.3 Å². The molecule has 162 valence electrons. The molecule has 0 saturated heterocycles. The normalized spacial score (nSPS) is 11.2. The van der Waals surface area contributed by atoms with Crippen molar-refractivity contribution in [1.82, 2.24) is 4.98 Å². The van der Waals surface area contributed by atoms with E-state index in [0.717, 1.165) is 11.8 Å². The monoisotopic (exact) mass is 458 g/mol. The molecule has 1 heterocycles. The lowest BCUT2D eigenvalue weighted by Gasteiger charge is -2.18. The summed E-state index contributed by atoms with van der Waals surface area (Å²) >= 11 is 1.27. The number of rotatable bonds is 6. The van der Waals surface area contributed by atoms with Gasteiger partial charge in [0.05, 0.1) is 21.8 Å². The highest BCUT2D eigenvalue weighted by atomic mass is 32.2. The van der Waals surface area contributed by atoms with E-state index in [-0.39, 0.29) is 23.0 Å². The summed E-state index contributed by atoms with van der Waals surface area (Å²) in [6.45, 7) is 5.00. The minimum Gasteiger partial charge on any atom is -0.456 e. The van der Waals surface area contributed by atoms with E-state index in [2.05, 4.69) is 4.98 Å². The lowest BCUT2D eigenvalue weighted by atomic mass is 10.1. The van der Waals surface area contributed by atoms with Crippen LogP contribution in [0.5, 0.6) is 0 Å². The van der Waals surface area contributed by atoms with E-state index >= 15 is 0 Å². The minimum atomic E-state index is -3.44. The lowest BCUT2D eigenvalue weighted by molar-refractivity contribution is -0.115. The van der Waals surface area contributed by atoms with Gasteiger partial charge in [-0.25, -0.2) is 18.2 Å². The van der Waals surface area contributed by atoms with Crippen molar-refractivity contribution in [3.8, 4) is 0 Å². The molecule has 0 aliphatic heterocycles. The van der Waals surface area contributed by atoms with E-state index in [1.165, 1.54) is 35.3 Å². The predicted molar refractivity (Wildman–Crippen MR) is 120 cm³/mol. The zero-order valence-electron chi connectivity index (χ0n) is 17.6. The second-order valence-corrected chi connectivity index (χ2v) is 9.99. The quantitative estimate of drug-likeness (QED) is 0.514. The Bertz CT molecular complexity index is 1250. The molecule has 0 atom stereocenters. The number of carbonyl (C=O) groups is 2. The van der Waals surface area contributed by atoms with Gasteiger partial charge in [0.2, 0.25) is 5.91 Å². The number of esters is 1.